The molecule has 17 heavy (non-hydrogen) atoms. The van der Waals surface area contributed by atoms with Crippen molar-refractivity contribution in [3.8, 4) is 0 Å². The largest absolute Gasteiger partial charge is 0.379 e. The zero-order chi connectivity index (χ0) is 12.5. The number of carbonyl (C=O) groups excluding carboxylic acids is 1. The van der Waals surface area contributed by atoms with Crippen LogP contribution >= 0.6 is 11.6 Å². The predicted octanol–water partition coefficient (Wildman–Crippen LogP) is 1.10. The average Bonchev–Trinajstić information content (AvgIpc) is 2.71. The van der Waals surface area contributed by atoms with Crippen molar-refractivity contribution >= 4 is 23.2 Å². The summed E-state index contributed by atoms with van der Waals surface area (Å²) in [6.45, 7) is 2.54. The van der Waals surface area contributed by atoms with Gasteiger partial charge < -0.3 is 15.8 Å². The lowest BCUT2D eigenvalue weighted by Gasteiger charge is -2.21. The summed E-state index contributed by atoms with van der Waals surface area (Å²) >= 11 is 5.74. The van der Waals surface area contributed by atoms with Crippen LogP contribution in [0.4, 0.5) is 5.69 Å². The van der Waals surface area contributed by atoms with E-state index in [0.717, 1.165) is 0 Å². The molecular weight excluding hydrogens is 242 g/mol. The van der Waals surface area contributed by atoms with Gasteiger partial charge in [-0.1, -0.05) is 11.6 Å². The number of amides is 1. The Labute approximate surface area is 104 Å². The summed E-state index contributed by atoms with van der Waals surface area (Å²) < 4.78 is 5.15. The van der Waals surface area contributed by atoms with E-state index in [0.29, 0.717) is 29.6 Å². The first-order valence-electron chi connectivity index (χ1n) is 5.32. The SMILES string of the molecule is Cc1nc(Cl)ccc1NC(=O)C1(N)CCOC1. The number of rotatable bonds is 2. The molecule has 2 rings (SSSR count). The minimum Gasteiger partial charge on any atom is -0.379 e. The molecule has 1 aromatic heterocycles. The molecule has 1 aliphatic heterocycles. The summed E-state index contributed by atoms with van der Waals surface area (Å²) in [4.78, 5) is 16.1. The van der Waals surface area contributed by atoms with Gasteiger partial charge in [-0.15, -0.1) is 0 Å². The monoisotopic (exact) mass is 255 g/mol. The Bertz CT molecular complexity index is 444. The number of pyridine rings is 1. The predicted molar refractivity (Wildman–Crippen MR) is 65.0 cm³/mol. The number of hydrogen-bond acceptors (Lipinski definition) is 4. The topological polar surface area (TPSA) is 77.2 Å². The second-order valence-electron chi connectivity index (χ2n) is 4.18. The molecule has 0 spiro atoms. The highest BCUT2D eigenvalue weighted by molar-refractivity contribution is 6.29. The molecule has 0 aromatic carbocycles. The van der Waals surface area contributed by atoms with E-state index in [1.165, 1.54) is 0 Å². The van der Waals surface area contributed by atoms with Crippen LogP contribution in [0, 0.1) is 6.92 Å². The Kier molecular flexibility index (Phi) is 3.33. The van der Waals surface area contributed by atoms with Gasteiger partial charge in [-0.3, -0.25) is 4.79 Å². The number of carbonyl (C=O) groups is 1. The number of nitrogens with two attached hydrogens (primary N) is 1. The van der Waals surface area contributed by atoms with Crippen molar-refractivity contribution < 1.29 is 9.53 Å². The van der Waals surface area contributed by atoms with E-state index in [1.54, 1.807) is 19.1 Å². The molecule has 0 radical (unpaired) electrons. The Hall–Kier alpha value is -1.17. The first-order valence-corrected chi connectivity index (χ1v) is 5.70. The van der Waals surface area contributed by atoms with Crippen LogP contribution in [0.3, 0.4) is 0 Å². The summed E-state index contributed by atoms with van der Waals surface area (Å²) in [5, 5.41) is 3.15. The van der Waals surface area contributed by atoms with Crippen molar-refractivity contribution in [3.63, 3.8) is 0 Å². The molecule has 0 saturated carbocycles. The second-order valence-corrected chi connectivity index (χ2v) is 4.57. The number of anilines is 1. The molecule has 3 N–H and O–H groups in total. The number of nitrogens with one attached hydrogen (secondary N) is 1. The number of aromatic nitrogens is 1. The highest BCUT2D eigenvalue weighted by Crippen LogP contribution is 2.20. The van der Waals surface area contributed by atoms with Crippen molar-refractivity contribution in [1.29, 1.82) is 0 Å². The number of aryl methyl sites for hydroxylation is 1. The van der Waals surface area contributed by atoms with Crippen molar-refractivity contribution in [3.05, 3.63) is 23.0 Å². The smallest absolute Gasteiger partial charge is 0.246 e. The van der Waals surface area contributed by atoms with Crippen LogP contribution in [0.5, 0.6) is 0 Å². The Balaban J connectivity index is 2.13. The maximum Gasteiger partial charge on any atom is 0.246 e. The van der Waals surface area contributed by atoms with Gasteiger partial charge in [0.05, 0.1) is 18.0 Å². The Morgan fingerprint density at radius 1 is 1.65 bits per heavy atom. The van der Waals surface area contributed by atoms with Gasteiger partial charge in [0.15, 0.2) is 0 Å². The molecule has 1 saturated heterocycles. The first-order chi connectivity index (χ1) is 8.01. The molecule has 5 nitrogen and oxygen atoms in total. The van der Waals surface area contributed by atoms with E-state index in [2.05, 4.69) is 10.3 Å². The fraction of sp³-hybridized carbons (Fsp3) is 0.455. The summed E-state index contributed by atoms with van der Waals surface area (Å²) in [5.74, 6) is -0.248. The first kappa shape index (κ1) is 12.3. The number of halogens is 1. The third kappa shape index (κ3) is 2.57. The summed E-state index contributed by atoms with van der Waals surface area (Å²) in [6.07, 6.45) is 0.527. The van der Waals surface area contributed by atoms with Crippen LogP contribution in [-0.4, -0.2) is 29.6 Å². The van der Waals surface area contributed by atoms with Gasteiger partial charge in [0.25, 0.3) is 0 Å². The Morgan fingerprint density at radius 3 is 3.00 bits per heavy atom. The molecule has 1 atom stereocenters. The average molecular weight is 256 g/mol. The standard InChI is InChI=1S/C11H14ClN3O2/c1-7-8(2-3-9(12)14-7)15-10(16)11(13)4-5-17-6-11/h2-3H,4-6,13H2,1H3,(H,15,16). The van der Waals surface area contributed by atoms with E-state index < -0.39 is 5.54 Å². The molecule has 0 bridgehead atoms. The third-order valence-corrected chi connectivity index (χ3v) is 3.01. The van der Waals surface area contributed by atoms with Crippen LogP contribution < -0.4 is 11.1 Å². The van der Waals surface area contributed by atoms with Gasteiger partial charge in [-0.2, -0.15) is 0 Å². The highest BCUT2D eigenvalue weighted by Gasteiger charge is 2.38. The van der Waals surface area contributed by atoms with Gasteiger partial charge in [0, 0.05) is 6.61 Å². The molecular formula is C11H14ClN3O2. The minimum atomic E-state index is -0.938. The lowest BCUT2D eigenvalue weighted by Crippen LogP contribution is -2.51. The van der Waals surface area contributed by atoms with Gasteiger partial charge >= 0.3 is 0 Å². The maximum atomic E-state index is 12.0. The van der Waals surface area contributed by atoms with Crippen LogP contribution in [-0.2, 0) is 9.53 Å². The quantitative estimate of drug-likeness (QED) is 0.776. The molecule has 6 heteroatoms. The van der Waals surface area contributed by atoms with E-state index in [9.17, 15) is 4.79 Å². The second kappa shape index (κ2) is 4.60. The van der Waals surface area contributed by atoms with Gasteiger partial charge in [-0.05, 0) is 25.5 Å². The molecule has 1 aromatic rings. The summed E-state index contributed by atoms with van der Waals surface area (Å²) in [7, 11) is 0. The molecule has 0 aliphatic carbocycles. The van der Waals surface area contributed by atoms with E-state index >= 15 is 0 Å². The normalized spacial score (nSPS) is 23.7. The van der Waals surface area contributed by atoms with Crippen LogP contribution in [0.1, 0.15) is 12.1 Å². The van der Waals surface area contributed by atoms with Crippen molar-refractivity contribution in [2.45, 2.75) is 18.9 Å². The van der Waals surface area contributed by atoms with Crippen molar-refractivity contribution in [2.24, 2.45) is 5.73 Å². The van der Waals surface area contributed by atoms with Crippen LogP contribution in [0.15, 0.2) is 12.1 Å². The Morgan fingerprint density at radius 2 is 2.41 bits per heavy atom. The summed E-state index contributed by atoms with van der Waals surface area (Å²) in [5.41, 5.74) is 6.29. The van der Waals surface area contributed by atoms with Crippen LogP contribution in [0.2, 0.25) is 5.15 Å². The highest BCUT2D eigenvalue weighted by atomic mass is 35.5. The molecule has 1 fully saturated rings. The lowest BCUT2D eigenvalue weighted by atomic mass is 9.99. The fourth-order valence-electron chi connectivity index (χ4n) is 1.67. The number of ether oxygens (including phenoxy) is 1. The van der Waals surface area contributed by atoms with Crippen LogP contribution in [0.25, 0.3) is 0 Å². The zero-order valence-electron chi connectivity index (χ0n) is 9.50. The molecule has 2 heterocycles. The third-order valence-electron chi connectivity index (χ3n) is 2.80. The molecule has 1 aliphatic rings. The van der Waals surface area contributed by atoms with Gasteiger partial charge in [-0.25, -0.2) is 4.98 Å². The van der Waals surface area contributed by atoms with Crippen molar-refractivity contribution in [1.82, 2.24) is 4.98 Å². The molecule has 92 valence electrons. The van der Waals surface area contributed by atoms with E-state index in [4.69, 9.17) is 22.1 Å². The molecule has 1 unspecified atom stereocenters. The van der Waals surface area contributed by atoms with Gasteiger partial charge in [0.2, 0.25) is 5.91 Å². The summed E-state index contributed by atoms with van der Waals surface area (Å²) in [6, 6.07) is 3.33. The maximum absolute atomic E-state index is 12.0. The van der Waals surface area contributed by atoms with E-state index in [1.807, 2.05) is 0 Å². The number of nitrogens with zero attached hydrogens (tertiary/aromatic N) is 1. The van der Waals surface area contributed by atoms with Crippen molar-refractivity contribution in [2.75, 3.05) is 18.5 Å². The minimum absolute atomic E-state index is 0.248. The number of hydrogen-bond donors (Lipinski definition) is 2. The fourth-order valence-corrected chi connectivity index (χ4v) is 1.86. The lowest BCUT2D eigenvalue weighted by molar-refractivity contribution is -0.121. The van der Waals surface area contributed by atoms with Gasteiger partial charge in [0.1, 0.15) is 10.7 Å². The zero-order valence-corrected chi connectivity index (χ0v) is 10.3. The molecule has 1 amide bonds. The van der Waals surface area contributed by atoms with E-state index in [-0.39, 0.29) is 12.5 Å².